The van der Waals surface area contributed by atoms with E-state index in [0.717, 1.165) is 6.54 Å². The summed E-state index contributed by atoms with van der Waals surface area (Å²) in [4.78, 5) is 2.23. The first-order valence-electron chi connectivity index (χ1n) is 6.16. The number of rotatable bonds is 6. The molecule has 0 bridgehead atoms. The van der Waals surface area contributed by atoms with Gasteiger partial charge in [-0.2, -0.15) is 5.26 Å². The molecule has 1 aromatic carbocycles. The lowest BCUT2D eigenvalue weighted by Crippen LogP contribution is -2.29. The Hall–Kier alpha value is -1.44. The van der Waals surface area contributed by atoms with E-state index in [1.54, 1.807) is 19.2 Å². The average molecular weight is 248 g/mol. The van der Waals surface area contributed by atoms with Gasteiger partial charge in [-0.25, -0.2) is 4.39 Å². The highest BCUT2D eigenvalue weighted by molar-refractivity contribution is 5.35. The average Bonchev–Trinajstić information content (AvgIpc) is 3.20. The number of methoxy groups -OCH3 is 1. The van der Waals surface area contributed by atoms with Crippen molar-refractivity contribution < 1.29 is 9.13 Å². The Kier molecular flexibility index (Phi) is 4.29. The fourth-order valence-corrected chi connectivity index (χ4v) is 2.05. The second-order valence-corrected chi connectivity index (χ2v) is 4.58. The zero-order valence-corrected chi connectivity index (χ0v) is 10.5. The van der Waals surface area contributed by atoms with Crippen molar-refractivity contribution in [1.29, 1.82) is 5.26 Å². The van der Waals surface area contributed by atoms with Crippen LogP contribution in [0, 0.1) is 17.1 Å². The van der Waals surface area contributed by atoms with Gasteiger partial charge in [-0.05, 0) is 18.9 Å². The van der Waals surface area contributed by atoms with Crippen molar-refractivity contribution in [3.63, 3.8) is 0 Å². The number of benzene rings is 1. The minimum atomic E-state index is -0.386. The number of ether oxygens (including phenoxy) is 1. The molecule has 0 N–H and O–H groups in total. The van der Waals surface area contributed by atoms with E-state index in [9.17, 15) is 4.39 Å². The minimum Gasteiger partial charge on any atom is -0.383 e. The summed E-state index contributed by atoms with van der Waals surface area (Å²) in [5.41, 5.74) is 0.715. The van der Waals surface area contributed by atoms with E-state index in [1.807, 2.05) is 6.07 Å². The molecule has 96 valence electrons. The predicted molar refractivity (Wildman–Crippen MR) is 66.4 cm³/mol. The maximum Gasteiger partial charge on any atom is 0.145 e. The summed E-state index contributed by atoms with van der Waals surface area (Å²) in [6.07, 6.45) is 2.34. The molecule has 0 aromatic heterocycles. The molecule has 1 fully saturated rings. The summed E-state index contributed by atoms with van der Waals surface area (Å²) in [5.74, 6) is -0.386. The SMILES string of the molecule is COCCN(Cc1cccc(C#N)c1F)C1CC1. The third kappa shape index (κ3) is 3.06. The Morgan fingerprint density at radius 1 is 1.50 bits per heavy atom. The van der Waals surface area contributed by atoms with Crippen molar-refractivity contribution in [2.75, 3.05) is 20.3 Å². The van der Waals surface area contributed by atoms with Crippen molar-refractivity contribution in [3.8, 4) is 6.07 Å². The van der Waals surface area contributed by atoms with Crippen LogP contribution in [-0.4, -0.2) is 31.2 Å². The van der Waals surface area contributed by atoms with Crippen LogP contribution in [0.1, 0.15) is 24.0 Å². The second-order valence-electron chi connectivity index (χ2n) is 4.58. The van der Waals surface area contributed by atoms with Gasteiger partial charge in [0.05, 0.1) is 12.2 Å². The van der Waals surface area contributed by atoms with Crippen LogP contribution in [0.25, 0.3) is 0 Å². The van der Waals surface area contributed by atoms with Crippen molar-refractivity contribution >= 4 is 0 Å². The predicted octanol–water partition coefficient (Wildman–Crippen LogP) is 2.31. The Labute approximate surface area is 107 Å². The first-order chi connectivity index (χ1) is 8.76. The lowest BCUT2D eigenvalue weighted by molar-refractivity contribution is 0.139. The number of nitriles is 1. The molecule has 0 unspecified atom stereocenters. The van der Waals surface area contributed by atoms with Gasteiger partial charge in [-0.1, -0.05) is 12.1 Å². The summed E-state index contributed by atoms with van der Waals surface area (Å²) >= 11 is 0. The van der Waals surface area contributed by atoms with Gasteiger partial charge >= 0.3 is 0 Å². The van der Waals surface area contributed by atoms with E-state index in [-0.39, 0.29) is 11.4 Å². The zero-order chi connectivity index (χ0) is 13.0. The number of hydrogen-bond acceptors (Lipinski definition) is 3. The normalized spacial score (nSPS) is 14.8. The van der Waals surface area contributed by atoms with Gasteiger partial charge in [-0.15, -0.1) is 0 Å². The molecule has 18 heavy (non-hydrogen) atoms. The molecule has 0 radical (unpaired) electrons. The molecule has 0 amide bonds. The van der Waals surface area contributed by atoms with Crippen LogP contribution in [0.3, 0.4) is 0 Å². The first-order valence-corrected chi connectivity index (χ1v) is 6.16. The van der Waals surface area contributed by atoms with Gasteiger partial charge in [0.2, 0.25) is 0 Å². The van der Waals surface area contributed by atoms with E-state index in [2.05, 4.69) is 4.90 Å². The zero-order valence-electron chi connectivity index (χ0n) is 10.5. The molecular formula is C14H17FN2O. The minimum absolute atomic E-state index is 0.120. The van der Waals surface area contributed by atoms with Gasteiger partial charge < -0.3 is 4.74 Å². The lowest BCUT2D eigenvalue weighted by atomic mass is 10.1. The van der Waals surface area contributed by atoms with Crippen molar-refractivity contribution in [2.24, 2.45) is 0 Å². The molecule has 0 atom stereocenters. The van der Waals surface area contributed by atoms with E-state index in [1.165, 1.54) is 18.9 Å². The molecular weight excluding hydrogens is 231 g/mol. The molecule has 1 saturated carbocycles. The fraction of sp³-hybridized carbons (Fsp3) is 0.500. The molecule has 3 nitrogen and oxygen atoms in total. The number of hydrogen-bond donors (Lipinski definition) is 0. The van der Waals surface area contributed by atoms with E-state index >= 15 is 0 Å². The van der Waals surface area contributed by atoms with Crippen molar-refractivity contribution in [3.05, 3.63) is 35.1 Å². The van der Waals surface area contributed by atoms with Crippen LogP contribution in [0.5, 0.6) is 0 Å². The van der Waals surface area contributed by atoms with Crippen LogP contribution in [0.2, 0.25) is 0 Å². The molecule has 1 aliphatic rings. The molecule has 2 rings (SSSR count). The lowest BCUT2D eigenvalue weighted by Gasteiger charge is -2.22. The van der Waals surface area contributed by atoms with Gasteiger partial charge in [0, 0.05) is 31.8 Å². The standard InChI is InChI=1S/C14H17FN2O/c1-18-8-7-17(13-5-6-13)10-12-4-2-3-11(9-16)14(12)15/h2-4,13H,5-8,10H2,1H3. The quantitative estimate of drug-likeness (QED) is 0.775. The number of nitrogens with zero attached hydrogens (tertiary/aromatic N) is 2. The summed E-state index contributed by atoms with van der Waals surface area (Å²) in [7, 11) is 1.67. The maximum atomic E-state index is 14.0. The van der Waals surface area contributed by atoms with E-state index < -0.39 is 0 Å². The summed E-state index contributed by atoms with van der Waals surface area (Å²) < 4.78 is 19.0. The van der Waals surface area contributed by atoms with Crippen LogP contribution in [0.4, 0.5) is 4.39 Å². The third-order valence-electron chi connectivity index (χ3n) is 3.22. The molecule has 1 aliphatic carbocycles. The molecule has 0 saturated heterocycles. The van der Waals surface area contributed by atoms with Crippen molar-refractivity contribution in [2.45, 2.75) is 25.4 Å². The topological polar surface area (TPSA) is 36.3 Å². The highest BCUT2D eigenvalue weighted by atomic mass is 19.1. The summed E-state index contributed by atoms with van der Waals surface area (Å²) in [5, 5.41) is 8.82. The maximum absolute atomic E-state index is 14.0. The van der Waals surface area contributed by atoms with Gasteiger partial charge in [0.15, 0.2) is 0 Å². The van der Waals surface area contributed by atoms with Crippen molar-refractivity contribution in [1.82, 2.24) is 4.90 Å². The van der Waals surface area contributed by atoms with E-state index in [0.29, 0.717) is 24.8 Å². The second kappa shape index (κ2) is 5.94. The van der Waals surface area contributed by atoms with Crippen LogP contribution >= 0.6 is 0 Å². The van der Waals surface area contributed by atoms with E-state index in [4.69, 9.17) is 10.00 Å². The molecule has 4 heteroatoms. The Bertz CT molecular complexity index is 452. The molecule has 0 spiro atoms. The smallest absolute Gasteiger partial charge is 0.145 e. The fourth-order valence-electron chi connectivity index (χ4n) is 2.05. The Balaban J connectivity index is 2.09. The third-order valence-corrected chi connectivity index (χ3v) is 3.22. The number of halogens is 1. The summed E-state index contributed by atoms with van der Waals surface area (Å²) in [6, 6.07) is 7.42. The highest BCUT2D eigenvalue weighted by Gasteiger charge is 2.29. The summed E-state index contributed by atoms with van der Waals surface area (Å²) in [6.45, 7) is 2.00. The van der Waals surface area contributed by atoms with Crippen LogP contribution in [-0.2, 0) is 11.3 Å². The Morgan fingerprint density at radius 2 is 2.28 bits per heavy atom. The highest BCUT2D eigenvalue weighted by Crippen LogP contribution is 2.28. The van der Waals surface area contributed by atoms with Gasteiger partial charge in [0.25, 0.3) is 0 Å². The van der Waals surface area contributed by atoms with Crippen LogP contribution < -0.4 is 0 Å². The first kappa shape index (κ1) is 13.0. The van der Waals surface area contributed by atoms with Gasteiger partial charge in [-0.3, -0.25) is 4.90 Å². The van der Waals surface area contributed by atoms with Gasteiger partial charge in [0.1, 0.15) is 11.9 Å². The Morgan fingerprint density at radius 3 is 2.89 bits per heavy atom. The largest absolute Gasteiger partial charge is 0.383 e. The molecule has 1 aromatic rings. The van der Waals surface area contributed by atoms with Crippen LogP contribution in [0.15, 0.2) is 18.2 Å². The monoisotopic (exact) mass is 248 g/mol. The molecule has 0 heterocycles. The molecule has 0 aliphatic heterocycles.